The molecule has 0 amide bonds. The molecule has 1 heterocycles. The van der Waals surface area contributed by atoms with Gasteiger partial charge in [-0.3, -0.25) is 0 Å². The van der Waals surface area contributed by atoms with Gasteiger partial charge in [-0.25, -0.2) is 9.79 Å². The Morgan fingerprint density at radius 2 is 2.14 bits per heavy atom. The molecule has 0 saturated heterocycles. The Balaban J connectivity index is 2.73. The normalized spacial score (nSPS) is 11.6. The molecule has 6 heteroatoms. The van der Waals surface area contributed by atoms with Crippen molar-refractivity contribution in [3.63, 3.8) is 0 Å². The second-order valence-corrected chi connectivity index (χ2v) is 5.14. The fourth-order valence-electron chi connectivity index (χ4n) is 1.73. The van der Waals surface area contributed by atoms with Crippen LogP contribution in [-0.4, -0.2) is 32.1 Å². The van der Waals surface area contributed by atoms with Crippen LogP contribution in [0.4, 0.5) is 0 Å². The minimum atomic E-state index is -0.392. The molecule has 1 aromatic heterocycles. The molecule has 1 rings (SSSR count). The highest BCUT2D eigenvalue weighted by atomic mass is 16.5. The summed E-state index contributed by atoms with van der Waals surface area (Å²) >= 11 is 0. The third-order valence-corrected chi connectivity index (χ3v) is 2.79. The number of hydrogen-bond acceptors (Lipinski definition) is 4. The monoisotopic (exact) mass is 295 g/mol. The molecule has 1 aromatic rings. The third-order valence-electron chi connectivity index (χ3n) is 2.79. The van der Waals surface area contributed by atoms with Gasteiger partial charge in [-0.2, -0.15) is 0 Å². The first kappa shape index (κ1) is 17.1. The quantitative estimate of drug-likeness (QED) is 0.477. The lowest BCUT2D eigenvalue weighted by Gasteiger charge is -2.12. The summed E-state index contributed by atoms with van der Waals surface area (Å²) in [7, 11) is 1.35. The molecule has 0 unspecified atom stereocenters. The van der Waals surface area contributed by atoms with Crippen molar-refractivity contribution >= 4 is 11.9 Å². The number of aliphatic imine (C=N–C) groups is 1. The maximum absolute atomic E-state index is 11.5. The number of hydrogen-bond donors (Lipinski definition) is 2. The van der Waals surface area contributed by atoms with E-state index in [-0.39, 0.29) is 0 Å². The molecular formula is C15H25N3O3. The van der Waals surface area contributed by atoms with Gasteiger partial charge in [0.05, 0.1) is 7.11 Å². The van der Waals surface area contributed by atoms with Gasteiger partial charge < -0.3 is 19.8 Å². The molecule has 0 bridgehead atoms. The number of nitrogens with zero attached hydrogens (tertiary/aromatic N) is 1. The summed E-state index contributed by atoms with van der Waals surface area (Å²) in [6.07, 6.45) is 0. The van der Waals surface area contributed by atoms with Crippen LogP contribution in [0.1, 0.15) is 42.6 Å². The summed E-state index contributed by atoms with van der Waals surface area (Å²) in [6, 6.07) is 1.68. The Hall–Kier alpha value is -1.98. The van der Waals surface area contributed by atoms with Crippen LogP contribution in [0.5, 0.6) is 0 Å². The largest absolute Gasteiger partial charge is 0.465 e. The Morgan fingerprint density at radius 3 is 2.71 bits per heavy atom. The van der Waals surface area contributed by atoms with Crippen LogP contribution >= 0.6 is 0 Å². The van der Waals surface area contributed by atoms with E-state index in [1.54, 1.807) is 13.0 Å². The van der Waals surface area contributed by atoms with Gasteiger partial charge in [0.25, 0.3) is 0 Å². The molecule has 2 N–H and O–H groups in total. The fourth-order valence-corrected chi connectivity index (χ4v) is 1.73. The number of esters is 1. The second-order valence-electron chi connectivity index (χ2n) is 5.14. The molecule has 0 aliphatic rings. The van der Waals surface area contributed by atoms with Crippen LogP contribution in [-0.2, 0) is 11.3 Å². The minimum Gasteiger partial charge on any atom is -0.465 e. The molecule has 0 aliphatic heterocycles. The average molecular weight is 295 g/mol. The molecule has 0 saturated carbocycles. The lowest BCUT2D eigenvalue weighted by Crippen LogP contribution is -2.39. The van der Waals surface area contributed by atoms with E-state index in [0.717, 1.165) is 19.0 Å². The van der Waals surface area contributed by atoms with Gasteiger partial charge in [0.1, 0.15) is 23.6 Å². The summed E-state index contributed by atoms with van der Waals surface area (Å²) in [5.74, 6) is 2.06. The van der Waals surface area contributed by atoms with Gasteiger partial charge >= 0.3 is 5.97 Å². The standard InChI is InChI=1S/C15H25N3O3/c1-6-16-15(17-8-10(2)3)18-9-12-7-13(11(4)21-12)14(19)20-5/h7,10H,6,8-9H2,1-5H3,(H2,16,17,18). The number of carbonyl (C=O) groups is 1. The molecule has 6 nitrogen and oxygen atoms in total. The molecule has 0 fully saturated rings. The Morgan fingerprint density at radius 1 is 1.43 bits per heavy atom. The Kier molecular flexibility index (Phi) is 6.78. The topological polar surface area (TPSA) is 75.9 Å². The SMILES string of the molecule is CCNC(=NCc1cc(C(=O)OC)c(C)o1)NCC(C)C. The van der Waals surface area contributed by atoms with E-state index in [4.69, 9.17) is 9.15 Å². The number of guanidine groups is 1. The zero-order chi connectivity index (χ0) is 15.8. The molecule has 0 aromatic carbocycles. The van der Waals surface area contributed by atoms with Crippen molar-refractivity contribution in [1.82, 2.24) is 10.6 Å². The van der Waals surface area contributed by atoms with Crippen LogP contribution in [0.15, 0.2) is 15.5 Å². The zero-order valence-corrected chi connectivity index (χ0v) is 13.4. The number of ether oxygens (including phenoxy) is 1. The van der Waals surface area contributed by atoms with Gasteiger partial charge in [0, 0.05) is 13.1 Å². The summed E-state index contributed by atoms with van der Waals surface area (Å²) in [5.41, 5.74) is 0.447. The van der Waals surface area contributed by atoms with Crippen molar-refractivity contribution in [1.29, 1.82) is 0 Å². The van der Waals surface area contributed by atoms with Gasteiger partial charge in [0.15, 0.2) is 5.96 Å². The highest BCUT2D eigenvalue weighted by Gasteiger charge is 2.15. The van der Waals surface area contributed by atoms with Gasteiger partial charge in [-0.05, 0) is 25.8 Å². The maximum Gasteiger partial charge on any atom is 0.341 e. The van der Waals surface area contributed by atoms with Gasteiger partial charge in [-0.1, -0.05) is 13.8 Å². The number of furan rings is 1. The highest BCUT2D eigenvalue weighted by molar-refractivity contribution is 5.90. The van der Waals surface area contributed by atoms with Crippen molar-refractivity contribution in [3.8, 4) is 0 Å². The average Bonchev–Trinajstić information content (AvgIpc) is 2.82. The number of aryl methyl sites for hydroxylation is 1. The molecule has 0 spiro atoms. The second kappa shape index (κ2) is 8.34. The smallest absolute Gasteiger partial charge is 0.341 e. The molecule has 0 atom stereocenters. The van der Waals surface area contributed by atoms with E-state index in [2.05, 4.69) is 29.5 Å². The first-order valence-corrected chi connectivity index (χ1v) is 7.17. The van der Waals surface area contributed by atoms with Crippen molar-refractivity contribution in [2.45, 2.75) is 34.2 Å². The van der Waals surface area contributed by atoms with Crippen molar-refractivity contribution in [2.24, 2.45) is 10.9 Å². The Labute approximate surface area is 126 Å². The molecule has 0 radical (unpaired) electrons. The van der Waals surface area contributed by atoms with Crippen molar-refractivity contribution < 1.29 is 13.9 Å². The molecule has 0 aliphatic carbocycles. The minimum absolute atomic E-state index is 0.366. The lowest BCUT2D eigenvalue weighted by atomic mass is 10.2. The predicted molar refractivity (Wildman–Crippen MR) is 82.4 cm³/mol. The number of carbonyl (C=O) groups excluding carboxylic acids is 1. The van der Waals surface area contributed by atoms with E-state index >= 15 is 0 Å². The van der Waals surface area contributed by atoms with Gasteiger partial charge in [0.2, 0.25) is 0 Å². The number of rotatable bonds is 6. The summed E-state index contributed by atoms with van der Waals surface area (Å²) in [4.78, 5) is 16.0. The fraction of sp³-hybridized carbons (Fsp3) is 0.600. The zero-order valence-electron chi connectivity index (χ0n) is 13.4. The number of methoxy groups -OCH3 is 1. The van der Waals surface area contributed by atoms with Gasteiger partial charge in [-0.15, -0.1) is 0 Å². The summed E-state index contributed by atoms with van der Waals surface area (Å²) < 4.78 is 10.2. The van der Waals surface area contributed by atoms with E-state index in [0.29, 0.717) is 29.5 Å². The summed E-state index contributed by atoms with van der Waals surface area (Å²) in [6.45, 7) is 10.0. The lowest BCUT2D eigenvalue weighted by molar-refractivity contribution is 0.0599. The van der Waals surface area contributed by atoms with Crippen LogP contribution in [0, 0.1) is 12.8 Å². The van der Waals surface area contributed by atoms with Crippen molar-refractivity contribution in [2.75, 3.05) is 20.2 Å². The van der Waals surface area contributed by atoms with E-state index in [1.165, 1.54) is 7.11 Å². The summed E-state index contributed by atoms with van der Waals surface area (Å²) in [5, 5.41) is 6.42. The predicted octanol–water partition coefficient (Wildman–Crippen LogP) is 2.09. The molecule has 118 valence electrons. The number of nitrogens with one attached hydrogen (secondary N) is 2. The van der Waals surface area contributed by atoms with Crippen LogP contribution in [0.3, 0.4) is 0 Å². The third kappa shape index (κ3) is 5.49. The van der Waals surface area contributed by atoms with E-state index < -0.39 is 5.97 Å². The molecular weight excluding hydrogens is 270 g/mol. The molecule has 21 heavy (non-hydrogen) atoms. The van der Waals surface area contributed by atoms with Crippen LogP contribution < -0.4 is 10.6 Å². The maximum atomic E-state index is 11.5. The Bertz CT molecular complexity index is 492. The highest BCUT2D eigenvalue weighted by Crippen LogP contribution is 2.16. The van der Waals surface area contributed by atoms with Crippen LogP contribution in [0.25, 0.3) is 0 Å². The van der Waals surface area contributed by atoms with Crippen molar-refractivity contribution in [3.05, 3.63) is 23.2 Å². The first-order chi connectivity index (χ1) is 9.97. The van der Waals surface area contributed by atoms with E-state index in [9.17, 15) is 4.79 Å². The first-order valence-electron chi connectivity index (χ1n) is 7.17. The van der Waals surface area contributed by atoms with E-state index in [1.807, 2.05) is 6.92 Å². The van der Waals surface area contributed by atoms with Crippen LogP contribution in [0.2, 0.25) is 0 Å².